The quantitative estimate of drug-likeness (QED) is 0.206. The van der Waals surface area contributed by atoms with Crippen molar-refractivity contribution in [2.45, 2.75) is 0 Å². The van der Waals surface area contributed by atoms with Crippen molar-refractivity contribution in [2.24, 2.45) is 0 Å². The van der Waals surface area contributed by atoms with E-state index in [4.69, 9.17) is 26.6 Å². The molecule has 0 aliphatic heterocycles. The first-order valence-corrected chi connectivity index (χ1v) is 1.41. The van der Waals surface area contributed by atoms with Crippen LogP contribution in [0.4, 0.5) is 0 Å². The van der Waals surface area contributed by atoms with Crippen molar-refractivity contribution in [3.8, 4) is 0 Å². The van der Waals surface area contributed by atoms with Crippen molar-refractivity contribution in [1.82, 2.24) is 0 Å². The Balaban J connectivity index is -0.0000000483. The molecule has 0 fully saturated rings. The van der Waals surface area contributed by atoms with Gasteiger partial charge in [0.2, 0.25) is 0 Å². The van der Waals surface area contributed by atoms with Crippen LogP contribution in [0.5, 0.6) is 0 Å². The van der Waals surface area contributed by atoms with E-state index in [1.54, 1.807) is 10.1 Å². The molecule has 7 nitrogen and oxygen atoms in total. The normalized spacial score (nSPS) is 2.75. The van der Waals surface area contributed by atoms with Gasteiger partial charge in [0.15, 0.2) is 0 Å². The molecule has 0 amide bonds. The monoisotopic (exact) mass is 128 g/mol. The zero-order valence-corrected chi connectivity index (χ0v) is 4.59. The van der Waals surface area contributed by atoms with Crippen LogP contribution in [0.3, 0.4) is 0 Å². The number of rotatable bonds is 0. The Labute approximate surface area is 47.6 Å². The molecule has 0 aromatic heterocycles. The van der Waals surface area contributed by atoms with Crippen molar-refractivity contribution in [2.75, 3.05) is 0 Å². The largest absolute Gasteiger partial charge is 0.373 e. The van der Waals surface area contributed by atoms with E-state index >= 15 is 0 Å². The van der Waals surface area contributed by atoms with Gasteiger partial charge < -0.3 is 22.1 Å². The van der Waals surface area contributed by atoms with Gasteiger partial charge in [-0.05, 0) is 0 Å². The van der Waals surface area contributed by atoms with Gasteiger partial charge in [-0.3, -0.25) is 9.82 Å². The van der Waals surface area contributed by atoms with Crippen LogP contribution >= 0.6 is 0 Å². The molecule has 0 rings (SSSR count). The third-order valence-corrected chi connectivity index (χ3v) is 0. The van der Waals surface area contributed by atoms with E-state index in [0.717, 1.165) is 0 Å². The van der Waals surface area contributed by atoms with Crippen LogP contribution in [0.2, 0.25) is 0 Å². The van der Waals surface area contributed by atoms with Gasteiger partial charge in [0.05, 0.1) is 0 Å². The molecule has 0 saturated heterocycles. The predicted octanol–water partition coefficient (Wildman–Crippen LogP) is 1.23. The maximum absolute atomic E-state index is 8.06. The summed E-state index contributed by atoms with van der Waals surface area (Å²) in [5, 5.41) is 0. The zero-order valence-electron chi connectivity index (χ0n) is 3.59. The molecular weight excluding hydrogens is 128 g/mol. The van der Waals surface area contributed by atoms with E-state index < -0.39 is 0 Å². The molecule has 0 spiro atoms. The van der Waals surface area contributed by atoms with Gasteiger partial charge in [0.25, 0.3) is 0 Å². The van der Waals surface area contributed by atoms with E-state index in [0.29, 0.717) is 0 Å². The summed E-state index contributed by atoms with van der Waals surface area (Å²) in [6.45, 7) is 0. The summed E-state index contributed by atoms with van der Waals surface area (Å²) in [5.41, 5.74) is 27.0. The molecule has 0 saturated carbocycles. The predicted molar refractivity (Wildman–Crippen MR) is 26.6 cm³/mol. The van der Waals surface area contributed by atoms with Crippen LogP contribution in [0.25, 0.3) is 31.9 Å². The summed E-state index contributed by atoms with van der Waals surface area (Å²) in [7, 11) is 1.72. The van der Waals surface area contributed by atoms with Gasteiger partial charge >= 0.3 is 14.6 Å². The van der Waals surface area contributed by atoms with Crippen molar-refractivity contribution < 1.29 is 4.46 Å². The van der Waals surface area contributed by atoms with Gasteiger partial charge in [-0.15, -0.1) is 0 Å². The molecule has 0 bridgehead atoms. The Morgan fingerprint density at radius 2 is 0.875 bits per heavy atom. The number of hydrogen-bond acceptors (Lipinski definition) is 1. The summed E-state index contributed by atoms with van der Waals surface area (Å²) in [6, 6.07) is 0. The van der Waals surface area contributed by atoms with Crippen LogP contribution in [0.15, 0.2) is 0 Å². The minimum Gasteiger partial charge on any atom is -0.373 e. The third-order valence-electron chi connectivity index (χ3n) is 0. The minimum absolute atomic E-state index is 1.50. The van der Waals surface area contributed by atoms with Gasteiger partial charge in [0, 0.05) is 0 Å². The molecule has 0 unspecified atom stereocenters. The van der Waals surface area contributed by atoms with Crippen molar-refractivity contribution in [1.29, 1.82) is 0 Å². The fraction of sp³-hybridized carbons (Fsp3) is 0. The number of nitrogens with zero attached hydrogens (tertiary/aromatic N) is 6. The van der Waals surface area contributed by atoms with E-state index in [-0.39, 0.29) is 0 Å². The van der Waals surface area contributed by atoms with Crippen molar-refractivity contribution in [3.63, 3.8) is 0 Å². The topological polar surface area (TPSA) is 134 Å². The maximum Gasteiger partial charge on any atom is -0.255 e. The Hall–Kier alpha value is -1.36. The van der Waals surface area contributed by atoms with E-state index in [1.807, 2.05) is 0 Å². The maximum atomic E-state index is 8.06. The van der Waals surface area contributed by atoms with Gasteiger partial charge in [-0.25, -0.2) is 0 Å². The fourth-order valence-corrected chi connectivity index (χ4v) is 0. The van der Waals surface area contributed by atoms with Crippen molar-refractivity contribution >= 4 is 10.1 Å². The minimum atomic E-state index is 1.50. The van der Waals surface area contributed by atoms with Gasteiger partial charge in [-0.1, -0.05) is 0 Å². The molecule has 0 N–H and O–H groups in total. The molecule has 0 radical (unpaired) electrons. The first-order valence-electron chi connectivity index (χ1n) is 1.00. The van der Waals surface area contributed by atoms with E-state index in [9.17, 15) is 0 Å². The summed E-state index contributed by atoms with van der Waals surface area (Å²) >= 11 is 0. The average Bonchev–Trinajstić information content (AvgIpc) is 1.75. The third kappa shape index (κ3) is 33.0. The Morgan fingerprint density at radius 1 is 0.875 bits per heavy atom. The van der Waals surface area contributed by atoms with E-state index in [1.165, 1.54) is 9.82 Å². The smallest absolute Gasteiger partial charge is 0.255 e. The molecular formula is N6OSi. The Morgan fingerprint density at radius 3 is 0.875 bits per heavy atom. The molecule has 8 heteroatoms. The summed E-state index contributed by atoms with van der Waals surface area (Å²) < 4.78 is 8.06. The average molecular weight is 128 g/mol. The van der Waals surface area contributed by atoms with Gasteiger partial charge in [0.1, 0.15) is 0 Å². The molecule has 40 valence electrons. The van der Waals surface area contributed by atoms with Crippen LogP contribution in [-0.4, -0.2) is 10.1 Å². The first-order chi connectivity index (χ1) is 3.83. The molecule has 0 aromatic carbocycles. The van der Waals surface area contributed by atoms with Crippen LogP contribution in [0.1, 0.15) is 0 Å². The first kappa shape index (κ1) is 15.9. The van der Waals surface area contributed by atoms with Crippen LogP contribution in [0, 0.1) is 0 Å². The fourth-order valence-electron chi connectivity index (χ4n) is 0. The molecule has 8 heavy (non-hydrogen) atoms. The Bertz CT molecular complexity index is 72.7. The second-order valence-corrected chi connectivity index (χ2v) is 0.179. The van der Waals surface area contributed by atoms with Gasteiger partial charge in [-0.2, -0.15) is 0 Å². The molecule has 0 aliphatic carbocycles. The Kier molecular flexibility index (Phi) is 595. The molecule has 0 atom stereocenters. The molecule has 0 heterocycles. The second kappa shape index (κ2) is 299. The summed E-state index contributed by atoms with van der Waals surface area (Å²) in [4.78, 5) is 3.00. The van der Waals surface area contributed by atoms with Crippen molar-refractivity contribution in [3.05, 3.63) is 31.9 Å². The standard InChI is InChI=1S/2N3.OSi/c2*1-3-2;1-2/q2*-1;+2. The SMILES string of the molecule is O=[Si+2].[N-]=[N+]=[N-].[N-]=[N+]=[N-]. The zero-order chi connectivity index (χ0) is 7.41. The van der Waals surface area contributed by atoms with Crippen LogP contribution in [-0.2, 0) is 4.46 Å². The van der Waals surface area contributed by atoms with Crippen LogP contribution < -0.4 is 0 Å². The molecule has 0 aliphatic rings. The number of hydrogen-bond donors (Lipinski definition) is 0. The summed E-state index contributed by atoms with van der Waals surface area (Å²) in [5.74, 6) is 0. The summed E-state index contributed by atoms with van der Waals surface area (Å²) in [6.07, 6.45) is 0. The second-order valence-electron chi connectivity index (χ2n) is 0.179. The molecule has 0 aromatic rings. The van der Waals surface area contributed by atoms with E-state index in [2.05, 4.69) is 0 Å².